The van der Waals surface area contributed by atoms with Crippen molar-refractivity contribution in [3.63, 3.8) is 0 Å². The maximum absolute atomic E-state index is 4.70. The molecule has 2 aromatic rings. The van der Waals surface area contributed by atoms with Gasteiger partial charge in [0.15, 0.2) is 0 Å². The molecule has 1 N–H and O–H groups in total. The quantitative estimate of drug-likeness (QED) is 0.796. The van der Waals surface area contributed by atoms with E-state index in [4.69, 9.17) is 5.10 Å². The van der Waals surface area contributed by atoms with Crippen molar-refractivity contribution in [1.82, 2.24) is 9.78 Å². The molecule has 0 saturated carbocycles. The molecule has 4 heteroatoms. The van der Waals surface area contributed by atoms with Crippen molar-refractivity contribution in [2.45, 2.75) is 19.3 Å². The van der Waals surface area contributed by atoms with Crippen LogP contribution in [0.4, 0.5) is 5.82 Å². The van der Waals surface area contributed by atoms with Gasteiger partial charge in [-0.25, -0.2) is 0 Å². The van der Waals surface area contributed by atoms with Gasteiger partial charge in [0.2, 0.25) is 0 Å². The molecule has 0 bridgehead atoms. The van der Waals surface area contributed by atoms with E-state index in [-0.39, 0.29) is 0 Å². The Morgan fingerprint density at radius 2 is 2.22 bits per heavy atom. The zero-order valence-corrected chi connectivity index (χ0v) is 12.6. The van der Waals surface area contributed by atoms with Crippen LogP contribution in [0.1, 0.15) is 18.4 Å². The molecule has 0 saturated heterocycles. The summed E-state index contributed by atoms with van der Waals surface area (Å²) in [5, 5.41) is 8.19. The first-order valence-electron chi connectivity index (χ1n) is 6.31. The molecule has 0 amide bonds. The van der Waals surface area contributed by atoms with Gasteiger partial charge in [0, 0.05) is 28.3 Å². The predicted molar refractivity (Wildman–Crippen MR) is 82.8 cm³/mol. The summed E-state index contributed by atoms with van der Waals surface area (Å²) in [7, 11) is 2.02. The highest BCUT2D eigenvalue weighted by molar-refractivity contribution is 14.1. The second kappa shape index (κ2) is 4.91. The molecular weight excluding hydrogens is 337 g/mol. The number of benzene rings is 1. The average Bonchev–Trinajstić information content (AvgIpc) is 2.55. The number of aryl methyl sites for hydroxylation is 1. The summed E-state index contributed by atoms with van der Waals surface area (Å²) in [5.41, 5.74) is 3.74. The number of halogens is 1. The topological polar surface area (TPSA) is 29.9 Å². The van der Waals surface area contributed by atoms with Gasteiger partial charge in [-0.1, -0.05) is 12.1 Å². The van der Waals surface area contributed by atoms with Crippen LogP contribution in [-0.2, 0) is 13.5 Å². The summed E-state index contributed by atoms with van der Waals surface area (Å²) < 4.78 is 3.24. The van der Waals surface area contributed by atoms with Gasteiger partial charge in [0.25, 0.3) is 0 Å². The first-order valence-corrected chi connectivity index (χ1v) is 7.39. The van der Waals surface area contributed by atoms with E-state index in [9.17, 15) is 0 Å². The predicted octanol–water partition coefficient (Wildman–Crippen LogP) is 3.44. The van der Waals surface area contributed by atoms with Crippen LogP contribution in [0, 0.1) is 3.57 Å². The van der Waals surface area contributed by atoms with Crippen LogP contribution in [0.5, 0.6) is 0 Å². The van der Waals surface area contributed by atoms with E-state index in [1.807, 2.05) is 11.7 Å². The first-order chi connectivity index (χ1) is 8.75. The normalized spacial score (nSPS) is 14.8. The molecule has 0 aliphatic carbocycles. The highest BCUT2D eigenvalue weighted by Crippen LogP contribution is 2.31. The lowest BCUT2D eigenvalue weighted by atomic mass is 10.0. The van der Waals surface area contributed by atoms with Gasteiger partial charge in [0.1, 0.15) is 5.82 Å². The molecule has 1 aliphatic heterocycles. The first kappa shape index (κ1) is 12.0. The summed E-state index contributed by atoms with van der Waals surface area (Å²) in [6, 6.07) is 8.57. The molecule has 0 unspecified atom stereocenters. The third kappa shape index (κ3) is 2.13. The molecule has 0 fully saturated rings. The van der Waals surface area contributed by atoms with E-state index in [0.717, 1.165) is 18.7 Å². The minimum atomic E-state index is 1.05. The van der Waals surface area contributed by atoms with Crippen molar-refractivity contribution < 1.29 is 0 Å². The molecule has 2 heterocycles. The summed E-state index contributed by atoms with van der Waals surface area (Å²) in [6.45, 7) is 1.05. The van der Waals surface area contributed by atoms with Crippen molar-refractivity contribution in [2.75, 3.05) is 11.9 Å². The Morgan fingerprint density at radius 3 is 3.06 bits per heavy atom. The molecule has 3 nitrogen and oxygen atoms in total. The maximum Gasteiger partial charge on any atom is 0.127 e. The Bertz CT molecular complexity index is 574. The fourth-order valence-corrected chi connectivity index (χ4v) is 3.07. The SMILES string of the molecule is Cn1nc(-c2cccc(I)c2)c2c1NCCCC2. The summed E-state index contributed by atoms with van der Waals surface area (Å²) >= 11 is 2.35. The van der Waals surface area contributed by atoms with Crippen molar-refractivity contribution in [3.05, 3.63) is 33.4 Å². The smallest absolute Gasteiger partial charge is 0.127 e. The molecule has 1 aliphatic rings. The highest BCUT2D eigenvalue weighted by atomic mass is 127. The molecule has 1 aromatic carbocycles. The Morgan fingerprint density at radius 1 is 1.33 bits per heavy atom. The lowest BCUT2D eigenvalue weighted by molar-refractivity contribution is 0.757. The maximum atomic E-state index is 4.70. The zero-order chi connectivity index (χ0) is 12.5. The van der Waals surface area contributed by atoms with E-state index < -0.39 is 0 Å². The lowest BCUT2D eigenvalue weighted by Gasteiger charge is -2.04. The number of nitrogens with one attached hydrogen (secondary N) is 1. The van der Waals surface area contributed by atoms with Gasteiger partial charge < -0.3 is 5.32 Å². The minimum Gasteiger partial charge on any atom is -0.370 e. The fourth-order valence-electron chi connectivity index (χ4n) is 2.53. The monoisotopic (exact) mass is 353 g/mol. The number of hydrogen-bond acceptors (Lipinski definition) is 2. The largest absolute Gasteiger partial charge is 0.370 e. The Labute approximate surface area is 121 Å². The van der Waals surface area contributed by atoms with Crippen LogP contribution in [-0.4, -0.2) is 16.3 Å². The van der Waals surface area contributed by atoms with Crippen LogP contribution in [0.2, 0.25) is 0 Å². The van der Waals surface area contributed by atoms with E-state index in [2.05, 4.69) is 52.2 Å². The lowest BCUT2D eigenvalue weighted by Crippen LogP contribution is -2.04. The number of aromatic nitrogens is 2. The zero-order valence-electron chi connectivity index (χ0n) is 10.4. The van der Waals surface area contributed by atoms with E-state index in [0.29, 0.717) is 0 Å². The Kier molecular flexibility index (Phi) is 3.28. The van der Waals surface area contributed by atoms with Crippen LogP contribution in [0.15, 0.2) is 24.3 Å². The Balaban J connectivity index is 2.12. The summed E-state index contributed by atoms with van der Waals surface area (Å²) in [5.74, 6) is 1.20. The molecule has 1 aromatic heterocycles. The average molecular weight is 353 g/mol. The highest BCUT2D eigenvalue weighted by Gasteiger charge is 2.18. The van der Waals surface area contributed by atoms with Gasteiger partial charge in [-0.15, -0.1) is 0 Å². The number of hydrogen-bond donors (Lipinski definition) is 1. The van der Waals surface area contributed by atoms with E-state index in [1.165, 1.54) is 33.4 Å². The third-order valence-electron chi connectivity index (χ3n) is 3.39. The standard InChI is InChI=1S/C14H16IN3/c1-18-14-12(7-2-3-8-16-14)13(17-18)10-5-4-6-11(15)9-10/h4-6,9,16H,2-3,7-8H2,1H3. The summed E-state index contributed by atoms with van der Waals surface area (Å²) in [6.07, 6.45) is 3.60. The second-order valence-electron chi connectivity index (χ2n) is 4.69. The molecule has 3 rings (SSSR count). The van der Waals surface area contributed by atoms with Crippen molar-refractivity contribution in [3.8, 4) is 11.3 Å². The van der Waals surface area contributed by atoms with Crippen molar-refractivity contribution in [2.24, 2.45) is 7.05 Å². The molecule has 0 radical (unpaired) electrons. The van der Waals surface area contributed by atoms with E-state index in [1.54, 1.807) is 0 Å². The Hall–Kier alpha value is -1.04. The van der Waals surface area contributed by atoms with E-state index >= 15 is 0 Å². The van der Waals surface area contributed by atoms with Crippen LogP contribution < -0.4 is 5.32 Å². The third-order valence-corrected chi connectivity index (χ3v) is 4.06. The number of rotatable bonds is 1. The second-order valence-corrected chi connectivity index (χ2v) is 5.94. The number of nitrogens with zero attached hydrogens (tertiary/aromatic N) is 2. The van der Waals surface area contributed by atoms with Crippen LogP contribution in [0.25, 0.3) is 11.3 Å². The number of anilines is 1. The van der Waals surface area contributed by atoms with Gasteiger partial charge in [-0.05, 0) is 54.0 Å². The molecule has 94 valence electrons. The molecule has 0 spiro atoms. The summed E-state index contributed by atoms with van der Waals surface area (Å²) in [4.78, 5) is 0. The van der Waals surface area contributed by atoms with Crippen molar-refractivity contribution >= 4 is 28.4 Å². The minimum absolute atomic E-state index is 1.05. The van der Waals surface area contributed by atoms with Gasteiger partial charge in [-0.2, -0.15) is 5.10 Å². The van der Waals surface area contributed by atoms with Crippen LogP contribution in [0.3, 0.4) is 0 Å². The van der Waals surface area contributed by atoms with Gasteiger partial charge in [-0.3, -0.25) is 4.68 Å². The van der Waals surface area contributed by atoms with Gasteiger partial charge >= 0.3 is 0 Å². The molecular formula is C14H16IN3. The van der Waals surface area contributed by atoms with Crippen LogP contribution >= 0.6 is 22.6 Å². The fraction of sp³-hybridized carbons (Fsp3) is 0.357. The molecule has 18 heavy (non-hydrogen) atoms. The van der Waals surface area contributed by atoms with Crippen molar-refractivity contribution in [1.29, 1.82) is 0 Å². The van der Waals surface area contributed by atoms with Gasteiger partial charge in [0.05, 0.1) is 5.69 Å². The molecule has 0 atom stereocenters. The number of fused-ring (bicyclic) bond motifs is 1.